The van der Waals surface area contributed by atoms with Crippen LogP contribution < -0.4 is 0 Å². The second-order valence-electron chi connectivity index (χ2n) is 4.43. The number of fused-ring (bicyclic) bond motifs is 1. The average molecular weight is 259 g/mol. The Morgan fingerprint density at radius 2 is 1.63 bits per heavy atom. The average Bonchev–Trinajstić information content (AvgIpc) is 2.83. The summed E-state index contributed by atoms with van der Waals surface area (Å²) in [6.45, 7) is 0. The first-order valence-corrected chi connectivity index (χ1v) is 5.84. The van der Waals surface area contributed by atoms with Gasteiger partial charge in [0.05, 0.1) is 0 Å². The predicted molar refractivity (Wildman–Crippen MR) is 68.7 cm³/mol. The highest BCUT2D eigenvalue weighted by Crippen LogP contribution is 2.26. The number of hydrogen-bond acceptors (Lipinski definition) is 1. The third-order valence-electron chi connectivity index (χ3n) is 3.09. The molecule has 0 spiro atoms. The summed E-state index contributed by atoms with van der Waals surface area (Å²) in [5.74, 6) is -1.39. The van der Waals surface area contributed by atoms with Crippen molar-refractivity contribution < 1.29 is 13.9 Å². The van der Waals surface area contributed by atoms with Gasteiger partial charge in [-0.2, -0.15) is 0 Å². The number of halogens is 2. The van der Waals surface area contributed by atoms with Gasteiger partial charge in [0.25, 0.3) is 0 Å². The third-order valence-corrected chi connectivity index (χ3v) is 3.09. The smallest absolute Gasteiger partial charge is 0.126 e. The van der Waals surface area contributed by atoms with E-state index in [4.69, 9.17) is 0 Å². The second-order valence-corrected chi connectivity index (χ2v) is 4.43. The van der Waals surface area contributed by atoms with Crippen molar-refractivity contribution in [1.82, 2.24) is 4.98 Å². The van der Waals surface area contributed by atoms with Crippen LogP contribution in [0.5, 0.6) is 0 Å². The van der Waals surface area contributed by atoms with E-state index in [2.05, 4.69) is 4.98 Å². The summed E-state index contributed by atoms with van der Waals surface area (Å²) in [5, 5.41) is 11.1. The minimum atomic E-state index is -1.05. The van der Waals surface area contributed by atoms with Crippen LogP contribution in [0.2, 0.25) is 0 Å². The van der Waals surface area contributed by atoms with Gasteiger partial charge in [-0.3, -0.25) is 0 Å². The van der Waals surface area contributed by atoms with E-state index < -0.39 is 17.7 Å². The van der Waals surface area contributed by atoms with Crippen molar-refractivity contribution in [3.63, 3.8) is 0 Å². The standard InChI is InChI=1S/C15H11F2NO/c16-12-6-11(7-13(17)8-12)15(19)10-1-2-14-9(5-10)3-4-18-14/h1-8,15,18-19H. The quantitative estimate of drug-likeness (QED) is 0.725. The molecule has 0 aliphatic rings. The summed E-state index contributed by atoms with van der Waals surface area (Å²) in [4.78, 5) is 3.04. The summed E-state index contributed by atoms with van der Waals surface area (Å²) in [7, 11) is 0. The van der Waals surface area contributed by atoms with Gasteiger partial charge in [-0.1, -0.05) is 6.07 Å². The largest absolute Gasteiger partial charge is 0.384 e. The first-order valence-electron chi connectivity index (χ1n) is 5.84. The Labute approximate surface area is 108 Å². The third kappa shape index (κ3) is 2.22. The molecule has 0 aliphatic carbocycles. The minimum Gasteiger partial charge on any atom is -0.384 e. The second kappa shape index (κ2) is 4.48. The zero-order valence-corrected chi connectivity index (χ0v) is 9.90. The maximum atomic E-state index is 13.2. The molecule has 19 heavy (non-hydrogen) atoms. The van der Waals surface area contributed by atoms with E-state index in [1.165, 1.54) is 0 Å². The molecule has 0 radical (unpaired) electrons. The molecular weight excluding hydrogens is 248 g/mol. The molecule has 0 bridgehead atoms. The van der Waals surface area contributed by atoms with Gasteiger partial charge < -0.3 is 10.1 Å². The minimum absolute atomic E-state index is 0.201. The molecule has 96 valence electrons. The first-order chi connectivity index (χ1) is 9.13. The Hall–Kier alpha value is -2.20. The summed E-state index contributed by atoms with van der Waals surface area (Å²) < 4.78 is 26.3. The lowest BCUT2D eigenvalue weighted by molar-refractivity contribution is 0.219. The molecule has 2 nitrogen and oxygen atoms in total. The molecule has 0 aliphatic heterocycles. The van der Waals surface area contributed by atoms with E-state index in [0.29, 0.717) is 5.56 Å². The number of aromatic nitrogens is 1. The molecule has 3 aromatic rings. The van der Waals surface area contributed by atoms with Crippen molar-refractivity contribution >= 4 is 10.9 Å². The number of nitrogens with one attached hydrogen (secondary N) is 1. The normalized spacial score (nSPS) is 12.8. The lowest BCUT2D eigenvalue weighted by Crippen LogP contribution is -2.01. The monoisotopic (exact) mass is 259 g/mol. The molecule has 1 unspecified atom stereocenters. The fourth-order valence-corrected chi connectivity index (χ4v) is 2.17. The maximum absolute atomic E-state index is 13.2. The molecule has 3 rings (SSSR count). The molecule has 0 saturated carbocycles. The van der Waals surface area contributed by atoms with E-state index in [9.17, 15) is 13.9 Å². The molecule has 1 aromatic heterocycles. The molecule has 2 N–H and O–H groups in total. The zero-order valence-electron chi connectivity index (χ0n) is 9.90. The summed E-state index contributed by atoms with van der Waals surface area (Å²) in [6.07, 6.45) is 0.743. The van der Waals surface area contributed by atoms with Crippen LogP contribution >= 0.6 is 0 Å². The van der Waals surface area contributed by atoms with E-state index in [1.807, 2.05) is 12.1 Å². The lowest BCUT2D eigenvalue weighted by atomic mass is 10.00. The number of benzene rings is 2. The summed E-state index contributed by atoms with van der Waals surface area (Å²) in [5.41, 5.74) is 1.74. The molecule has 1 heterocycles. The van der Waals surface area contributed by atoms with Crippen molar-refractivity contribution in [3.05, 3.63) is 71.4 Å². The topological polar surface area (TPSA) is 36.0 Å². The Balaban J connectivity index is 2.04. The number of aliphatic hydroxyl groups is 1. The van der Waals surface area contributed by atoms with Crippen molar-refractivity contribution in [2.24, 2.45) is 0 Å². The molecule has 2 aromatic carbocycles. The van der Waals surface area contributed by atoms with E-state index in [-0.39, 0.29) is 5.56 Å². The Morgan fingerprint density at radius 1 is 0.895 bits per heavy atom. The van der Waals surface area contributed by atoms with Crippen LogP contribution in [0.15, 0.2) is 48.7 Å². The van der Waals surface area contributed by atoms with Crippen molar-refractivity contribution in [1.29, 1.82) is 0 Å². The molecule has 0 saturated heterocycles. The van der Waals surface area contributed by atoms with Gasteiger partial charge >= 0.3 is 0 Å². The Morgan fingerprint density at radius 3 is 2.37 bits per heavy atom. The number of H-pyrrole nitrogens is 1. The molecule has 0 fully saturated rings. The van der Waals surface area contributed by atoms with Gasteiger partial charge in [0.2, 0.25) is 0 Å². The van der Waals surface area contributed by atoms with Gasteiger partial charge in [0.15, 0.2) is 0 Å². The van der Waals surface area contributed by atoms with Gasteiger partial charge in [-0.05, 0) is 46.8 Å². The van der Waals surface area contributed by atoms with Crippen molar-refractivity contribution in [3.8, 4) is 0 Å². The van der Waals surface area contributed by atoms with Crippen LogP contribution in [-0.2, 0) is 0 Å². The van der Waals surface area contributed by atoms with Gasteiger partial charge in [-0.15, -0.1) is 0 Å². The molecule has 4 heteroatoms. The number of rotatable bonds is 2. The fourth-order valence-electron chi connectivity index (χ4n) is 2.17. The maximum Gasteiger partial charge on any atom is 0.126 e. The predicted octanol–water partition coefficient (Wildman–Crippen LogP) is 3.53. The van der Waals surface area contributed by atoms with Crippen molar-refractivity contribution in [2.75, 3.05) is 0 Å². The highest BCUT2D eigenvalue weighted by atomic mass is 19.1. The highest BCUT2D eigenvalue weighted by molar-refractivity contribution is 5.80. The SMILES string of the molecule is OC(c1cc(F)cc(F)c1)c1ccc2[nH]ccc2c1. The molecule has 1 atom stereocenters. The van der Waals surface area contributed by atoms with Crippen LogP contribution in [0.25, 0.3) is 10.9 Å². The van der Waals surface area contributed by atoms with Crippen LogP contribution in [-0.4, -0.2) is 10.1 Å². The van der Waals surface area contributed by atoms with E-state index >= 15 is 0 Å². The summed E-state index contributed by atoms with van der Waals surface area (Å²) in [6, 6.07) is 10.3. The van der Waals surface area contributed by atoms with Gasteiger partial charge in [0.1, 0.15) is 17.7 Å². The Kier molecular flexibility index (Phi) is 2.80. The summed E-state index contributed by atoms with van der Waals surface area (Å²) >= 11 is 0. The van der Waals surface area contributed by atoms with Gasteiger partial charge in [0, 0.05) is 17.8 Å². The molecular formula is C15H11F2NO. The number of hydrogen-bond donors (Lipinski definition) is 2. The van der Waals surface area contributed by atoms with E-state index in [0.717, 1.165) is 29.1 Å². The van der Waals surface area contributed by atoms with Crippen LogP contribution in [0.1, 0.15) is 17.2 Å². The van der Waals surface area contributed by atoms with E-state index in [1.54, 1.807) is 18.3 Å². The Bertz CT molecular complexity index is 716. The van der Waals surface area contributed by atoms with Crippen molar-refractivity contribution in [2.45, 2.75) is 6.10 Å². The first kappa shape index (κ1) is 11.9. The molecule has 0 amide bonds. The fraction of sp³-hybridized carbons (Fsp3) is 0.0667. The van der Waals surface area contributed by atoms with Gasteiger partial charge in [-0.25, -0.2) is 8.78 Å². The van der Waals surface area contributed by atoms with Crippen LogP contribution in [0.3, 0.4) is 0 Å². The zero-order chi connectivity index (χ0) is 13.4. The lowest BCUT2D eigenvalue weighted by Gasteiger charge is -2.12. The van der Waals surface area contributed by atoms with Crippen LogP contribution in [0, 0.1) is 11.6 Å². The van der Waals surface area contributed by atoms with Crippen LogP contribution in [0.4, 0.5) is 8.78 Å². The number of aliphatic hydroxyl groups excluding tert-OH is 1. The number of aromatic amines is 1. The highest BCUT2D eigenvalue weighted by Gasteiger charge is 2.13.